The van der Waals surface area contributed by atoms with Gasteiger partial charge in [-0.25, -0.2) is 4.79 Å². The first-order chi connectivity index (χ1) is 9.24. The highest BCUT2D eigenvalue weighted by Crippen LogP contribution is 2.34. The Morgan fingerprint density at radius 1 is 1.50 bits per heavy atom. The number of carbonyl (C=O) groups excluding carboxylic acids is 2. The average Bonchev–Trinajstić information content (AvgIpc) is 2.80. The quantitative estimate of drug-likeness (QED) is 0.798. The smallest absolute Gasteiger partial charge is 0.410 e. The van der Waals surface area contributed by atoms with Crippen LogP contribution in [0.1, 0.15) is 46.5 Å². The zero-order valence-electron chi connectivity index (χ0n) is 12.4. The van der Waals surface area contributed by atoms with Crippen LogP contribution >= 0.6 is 0 Å². The van der Waals surface area contributed by atoms with E-state index in [9.17, 15) is 14.7 Å². The van der Waals surface area contributed by atoms with Crippen molar-refractivity contribution in [2.75, 3.05) is 6.54 Å². The van der Waals surface area contributed by atoms with Crippen molar-refractivity contribution in [2.45, 2.75) is 63.7 Å². The van der Waals surface area contributed by atoms with E-state index in [-0.39, 0.29) is 5.78 Å². The van der Waals surface area contributed by atoms with Gasteiger partial charge in [0.2, 0.25) is 0 Å². The fourth-order valence-electron chi connectivity index (χ4n) is 2.89. The molecule has 2 rings (SSSR count). The third-order valence-electron chi connectivity index (χ3n) is 3.82. The second kappa shape index (κ2) is 5.20. The number of aliphatic hydroxyl groups is 1. The first-order valence-electron chi connectivity index (χ1n) is 7.17. The molecule has 112 valence electrons. The minimum absolute atomic E-state index is 0.302. The fourth-order valence-corrected chi connectivity index (χ4v) is 2.89. The maximum atomic E-state index is 12.2. The molecule has 5 heteroatoms. The number of nitrogens with zero attached hydrogens (tertiary/aromatic N) is 1. The first kappa shape index (κ1) is 15.0. The van der Waals surface area contributed by atoms with Crippen LogP contribution in [0.3, 0.4) is 0 Å². The van der Waals surface area contributed by atoms with Crippen molar-refractivity contribution in [1.29, 1.82) is 0 Å². The van der Waals surface area contributed by atoms with Crippen molar-refractivity contribution in [3.8, 4) is 0 Å². The molecule has 1 aliphatic carbocycles. The molecule has 0 spiro atoms. The molecule has 1 fully saturated rings. The zero-order valence-corrected chi connectivity index (χ0v) is 12.4. The molecule has 1 N–H and O–H groups in total. The van der Waals surface area contributed by atoms with E-state index in [0.29, 0.717) is 25.8 Å². The van der Waals surface area contributed by atoms with E-state index < -0.39 is 23.3 Å². The maximum Gasteiger partial charge on any atom is 0.410 e. The van der Waals surface area contributed by atoms with E-state index in [2.05, 4.69) is 0 Å². The largest absolute Gasteiger partial charge is 0.444 e. The summed E-state index contributed by atoms with van der Waals surface area (Å²) < 4.78 is 5.37. The maximum absolute atomic E-state index is 12.2. The number of ether oxygens (including phenoxy) is 1. The summed E-state index contributed by atoms with van der Waals surface area (Å²) in [7, 11) is 0. The molecule has 1 aliphatic heterocycles. The number of rotatable bonds is 1. The number of hydrogen-bond donors (Lipinski definition) is 1. The molecular formula is C15H23NO4. The van der Waals surface area contributed by atoms with Gasteiger partial charge in [-0.15, -0.1) is 0 Å². The van der Waals surface area contributed by atoms with E-state index in [1.807, 2.05) is 0 Å². The highest BCUT2D eigenvalue weighted by molar-refractivity contribution is 5.98. The third-order valence-corrected chi connectivity index (χ3v) is 3.82. The summed E-state index contributed by atoms with van der Waals surface area (Å²) >= 11 is 0. The molecule has 5 nitrogen and oxygen atoms in total. The lowest BCUT2D eigenvalue weighted by molar-refractivity contribution is -0.140. The summed E-state index contributed by atoms with van der Waals surface area (Å²) in [6, 6.07) is -0.477. The Hall–Kier alpha value is -1.36. The Morgan fingerprint density at radius 2 is 2.20 bits per heavy atom. The van der Waals surface area contributed by atoms with Crippen LogP contribution < -0.4 is 0 Å². The van der Waals surface area contributed by atoms with E-state index in [0.717, 1.165) is 6.42 Å². The van der Waals surface area contributed by atoms with Crippen molar-refractivity contribution in [3.63, 3.8) is 0 Å². The van der Waals surface area contributed by atoms with Gasteiger partial charge in [0.25, 0.3) is 0 Å². The van der Waals surface area contributed by atoms with E-state index >= 15 is 0 Å². The topological polar surface area (TPSA) is 66.8 Å². The van der Waals surface area contributed by atoms with Gasteiger partial charge in [-0.1, -0.05) is 6.08 Å². The lowest BCUT2D eigenvalue weighted by atomic mass is 9.80. The van der Waals surface area contributed by atoms with Gasteiger partial charge in [0.1, 0.15) is 11.2 Å². The van der Waals surface area contributed by atoms with Crippen LogP contribution in [0.4, 0.5) is 4.79 Å². The molecule has 0 radical (unpaired) electrons. The molecule has 0 bridgehead atoms. The number of likely N-dealkylation sites (tertiary alicyclic amines) is 1. The summed E-state index contributed by atoms with van der Waals surface area (Å²) in [5.74, 6) is -0.302. The van der Waals surface area contributed by atoms with Gasteiger partial charge in [-0.2, -0.15) is 0 Å². The molecule has 0 aromatic rings. The van der Waals surface area contributed by atoms with Crippen molar-refractivity contribution in [3.05, 3.63) is 12.2 Å². The van der Waals surface area contributed by atoms with Gasteiger partial charge >= 0.3 is 6.09 Å². The lowest BCUT2D eigenvalue weighted by Gasteiger charge is -2.38. The van der Waals surface area contributed by atoms with Gasteiger partial charge in [0.15, 0.2) is 5.78 Å². The average molecular weight is 281 g/mol. The predicted octanol–water partition coefficient (Wildman–Crippen LogP) is 2.04. The Balaban J connectivity index is 2.17. The molecule has 20 heavy (non-hydrogen) atoms. The van der Waals surface area contributed by atoms with Crippen LogP contribution in [-0.2, 0) is 9.53 Å². The van der Waals surface area contributed by atoms with Crippen molar-refractivity contribution < 1.29 is 19.4 Å². The van der Waals surface area contributed by atoms with Gasteiger partial charge in [-0.05, 0) is 52.5 Å². The van der Waals surface area contributed by atoms with Crippen LogP contribution in [0.15, 0.2) is 12.2 Å². The second-order valence-corrected chi connectivity index (χ2v) is 6.56. The Kier molecular flexibility index (Phi) is 3.91. The fraction of sp³-hybridized carbons (Fsp3) is 0.733. The Bertz CT molecular complexity index is 438. The minimum Gasteiger partial charge on any atom is -0.444 e. The second-order valence-electron chi connectivity index (χ2n) is 6.56. The van der Waals surface area contributed by atoms with Crippen LogP contribution in [-0.4, -0.2) is 45.7 Å². The standard InChI is InChI=1S/C15H23NO4/c1-14(2,3)20-13(18)16-10-6-7-11(16)15(19)9-5-4-8-12(15)17/h4,8,11,19H,5-7,9-10H2,1-3H3/t11-,15+/m0/s1. The monoisotopic (exact) mass is 281 g/mol. The van der Waals surface area contributed by atoms with Crippen LogP contribution in [0.2, 0.25) is 0 Å². The molecule has 2 aliphatic rings. The van der Waals surface area contributed by atoms with Gasteiger partial charge in [0.05, 0.1) is 6.04 Å². The van der Waals surface area contributed by atoms with Gasteiger partial charge in [-0.3, -0.25) is 4.79 Å². The van der Waals surface area contributed by atoms with Crippen LogP contribution in [0, 0.1) is 0 Å². The molecule has 1 saturated heterocycles. The summed E-state index contributed by atoms with van der Waals surface area (Å²) in [4.78, 5) is 25.8. The van der Waals surface area contributed by atoms with E-state index in [4.69, 9.17) is 4.74 Å². The lowest BCUT2D eigenvalue weighted by Crippen LogP contribution is -2.57. The predicted molar refractivity (Wildman–Crippen MR) is 74.3 cm³/mol. The van der Waals surface area contributed by atoms with Gasteiger partial charge in [0, 0.05) is 6.54 Å². The van der Waals surface area contributed by atoms with Crippen LogP contribution in [0.25, 0.3) is 0 Å². The van der Waals surface area contributed by atoms with E-state index in [1.54, 1.807) is 26.8 Å². The molecule has 0 aromatic carbocycles. The molecule has 1 amide bonds. The summed E-state index contributed by atoms with van der Waals surface area (Å²) in [6.07, 6.45) is 5.18. The Morgan fingerprint density at radius 3 is 2.80 bits per heavy atom. The molecule has 0 saturated carbocycles. The van der Waals surface area contributed by atoms with E-state index in [1.165, 1.54) is 11.0 Å². The number of allylic oxidation sites excluding steroid dienone is 1. The number of ketones is 1. The SMILES string of the molecule is CC(C)(C)OC(=O)N1CCC[C@H]1[C@]1(O)CCC=CC1=O. The molecule has 0 aromatic heterocycles. The molecular weight excluding hydrogens is 258 g/mol. The third kappa shape index (κ3) is 2.87. The zero-order chi connectivity index (χ0) is 15.0. The summed E-state index contributed by atoms with van der Waals surface area (Å²) in [5.41, 5.74) is -2.04. The van der Waals surface area contributed by atoms with Crippen molar-refractivity contribution in [1.82, 2.24) is 4.90 Å². The normalized spacial score (nSPS) is 30.7. The highest BCUT2D eigenvalue weighted by atomic mass is 16.6. The van der Waals surface area contributed by atoms with Gasteiger partial charge < -0.3 is 14.7 Å². The van der Waals surface area contributed by atoms with Crippen molar-refractivity contribution >= 4 is 11.9 Å². The number of hydrogen-bond acceptors (Lipinski definition) is 4. The number of amides is 1. The summed E-state index contributed by atoms with van der Waals surface area (Å²) in [6.45, 7) is 5.94. The Labute approximate surface area is 119 Å². The summed E-state index contributed by atoms with van der Waals surface area (Å²) in [5, 5.41) is 10.7. The minimum atomic E-state index is -1.46. The molecule has 0 unspecified atom stereocenters. The van der Waals surface area contributed by atoms with Crippen molar-refractivity contribution in [2.24, 2.45) is 0 Å². The first-order valence-corrected chi connectivity index (χ1v) is 7.17. The number of carbonyl (C=O) groups is 2. The molecule has 1 heterocycles. The highest BCUT2D eigenvalue weighted by Gasteiger charge is 2.49. The van der Waals surface area contributed by atoms with Crippen LogP contribution in [0.5, 0.6) is 0 Å². The molecule has 2 atom stereocenters.